The zero-order valence-corrected chi connectivity index (χ0v) is 44.2. The first-order valence-electron chi connectivity index (χ1n) is 25.2. The molecule has 6 aromatic rings. The molecule has 0 aliphatic carbocycles. The predicted molar refractivity (Wildman–Crippen MR) is 277 cm³/mol. The molecule has 90 heavy (non-hydrogen) atoms. The number of phenolic OH excluding ortho intramolecular Hbond substituents is 18. The molecule has 2 fully saturated rings. The van der Waals surface area contributed by atoms with E-state index in [1.54, 1.807) is 0 Å². The van der Waals surface area contributed by atoms with Crippen molar-refractivity contribution >= 4 is 35.8 Å². The first-order chi connectivity index (χ1) is 42.3. The maximum atomic E-state index is 15.4. The van der Waals surface area contributed by atoms with Crippen LogP contribution in [0.4, 0.5) is 0 Å². The SMILES string of the molecule is O=C(O[C@@H]1O[C@H](CO)[C@@H](O)[C@@H]2OC(=O)c3cc(O)c(O)c(O)c3-c3c(O)c(O)c(O)c(-c4c(C(=O)O[C@@H]5O[C@@H](CO)[C@@H](O)[C@@H]6OC(=O)c7cc(O)c(O)c(O)c7-c7c(cc(O)c(O)c7O)C(=O)O[C@@H]56)cc(O)c(O)c4O)c3C(=O)O[C@@H]12)c1cc(O)c(O)c(O)c1. The van der Waals surface area contributed by atoms with Gasteiger partial charge < -0.3 is 150 Å². The van der Waals surface area contributed by atoms with Gasteiger partial charge >= 0.3 is 35.8 Å². The molecule has 36 nitrogen and oxygen atoms in total. The molecule has 0 amide bonds. The second-order valence-electron chi connectivity index (χ2n) is 19.8. The highest BCUT2D eigenvalue weighted by atomic mass is 16.8. The number of esters is 6. The van der Waals surface area contributed by atoms with Gasteiger partial charge in [0.05, 0.1) is 46.6 Å². The molecule has 10 atom stereocenters. The zero-order chi connectivity index (χ0) is 65.9. The van der Waals surface area contributed by atoms with Crippen molar-refractivity contribution in [2.75, 3.05) is 13.2 Å². The van der Waals surface area contributed by atoms with Crippen LogP contribution in [0.5, 0.6) is 103 Å². The summed E-state index contributed by atoms with van der Waals surface area (Å²) in [5, 5.41) is 241. The van der Waals surface area contributed by atoms with Gasteiger partial charge in [0, 0.05) is 33.4 Å². The lowest BCUT2D eigenvalue weighted by molar-refractivity contribution is -0.283. The van der Waals surface area contributed by atoms with E-state index in [9.17, 15) is 132 Å². The number of benzene rings is 6. The summed E-state index contributed by atoms with van der Waals surface area (Å²) in [6.45, 7) is -2.63. The van der Waals surface area contributed by atoms with E-state index >= 15 is 9.59 Å². The van der Waals surface area contributed by atoms with Gasteiger partial charge in [-0.3, -0.25) is 0 Å². The Morgan fingerprint density at radius 3 is 1.06 bits per heavy atom. The van der Waals surface area contributed by atoms with E-state index in [0.29, 0.717) is 24.3 Å². The van der Waals surface area contributed by atoms with Gasteiger partial charge in [-0.1, -0.05) is 0 Å². The summed E-state index contributed by atoms with van der Waals surface area (Å²) < 4.78 is 43.9. The van der Waals surface area contributed by atoms with Gasteiger partial charge in [0.1, 0.15) is 24.4 Å². The van der Waals surface area contributed by atoms with E-state index < -0.39 is 281 Å². The quantitative estimate of drug-likeness (QED) is 0.0538. The molecular formula is C54H42O36. The Hall–Kier alpha value is -11.7. The van der Waals surface area contributed by atoms with Gasteiger partial charge in [0.25, 0.3) is 0 Å². The van der Waals surface area contributed by atoms with Gasteiger partial charge in [-0.05, 0) is 36.4 Å². The number of hydrogen-bond donors (Lipinski definition) is 22. The van der Waals surface area contributed by atoms with Gasteiger partial charge in [-0.15, -0.1) is 0 Å². The smallest absolute Gasteiger partial charge is 0.341 e. The number of aliphatic hydroxyl groups excluding tert-OH is 4. The van der Waals surface area contributed by atoms with E-state index in [2.05, 4.69) is 0 Å². The van der Waals surface area contributed by atoms with E-state index in [1.807, 2.05) is 0 Å². The summed E-state index contributed by atoms with van der Waals surface area (Å²) in [6, 6.07) is 2.12. The maximum absolute atomic E-state index is 15.4. The van der Waals surface area contributed by atoms with Crippen LogP contribution in [0.1, 0.15) is 62.1 Å². The monoisotopic (exact) mass is 1270 g/mol. The molecule has 4 aliphatic heterocycles. The van der Waals surface area contributed by atoms with Crippen molar-refractivity contribution in [2.24, 2.45) is 0 Å². The minimum atomic E-state index is -2.80. The van der Waals surface area contributed by atoms with Crippen molar-refractivity contribution in [1.82, 2.24) is 0 Å². The summed E-state index contributed by atoms with van der Waals surface area (Å²) in [7, 11) is 0. The zero-order valence-electron chi connectivity index (χ0n) is 44.2. The van der Waals surface area contributed by atoms with Crippen LogP contribution in [-0.4, -0.2) is 223 Å². The summed E-state index contributed by atoms with van der Waals surface area (Å²) >= 11 is 0. The average molecular weight is 1270 g/mol. The number of fused-ring (bicyclic) bond motifs is 8. The van der Waals surface area contributed by atoms with E-state index in [1.165, 1.54) is 0 Å². The third kappa shape index (κ3) is 9.60. The van der Waals surface area contributed by atoms with Crippen LogP contribution in [0, 0.1) is 0 Å². The fraction of sp³-hybridized carbons (Fsp3) is 0.222. The lowest BCUT2D eigenvalue weighted by atomic mass is 9.84. The molecule has 4 aliphatic rings. The number of carbonyl (C=O) groups is 6. The molecule has 0 saturated carbocycles. The summed E-state index contributed by atoms with van der Waals surface area (Å²) in [6.07, 6.45) is -24.9. The van der Waals surface area contributed by atoms with Gasteiger partial charge in [0.2, 0.25) is 53.5 Å². The Bertz CT molecular complexity index is 4090. The molecule has 6 aromatic carbocycles. The van der Waals surface area contributed by atoms with Crippen LogP contribution in [0.15, 0.2) is 36.4 Å². The number of ether oxygens (including phenoxy) is 8. The Morgan fingerprint density at radius 2 is 0.656 bits per heavy atom. The largest absolute Gasteiger partial charge is 0.504 e. The number of carbonyl (C=O) groups excluding carboxylic acids is 6. The summed E-state index contributed by atoms with van der Waals surface area (Å²) in [5.41, 5.74) is -16.3. The molecule has 0 spiro atoms. The van der Waals surface area contributed by atoms with E-state index in [-0.39, 0.29) is 12.1 Å². The van der Waals surface area contributed by atoms with Crippen LogP contribution in [0.25, 0.3) is 33.4 Å². The lowest BCUT2D eigenvalue weighted by Gasteiger charge is -2.42. The van der Waals surface area contributed by atoms with Crippen LogP contribution in [0.3, 0.4) is 0 Å². The number of rotatable bonds is 7. The topological polar surface area (TPSA) is 621 Å². The number of aliphatic hydroxyl groups is 4. The predicted octanol–water partition coefficient (Wildman–Crippen LogP) is -0.613. The van der Waals surface area contributed by atoms with Crippen LogP contribution in [-0.2, 0) is 37.9 Å². The first-order valence-corrected chi connectivity index (χ1v) is 25.2. The fourth-order valence-electron chi connectivity index (χ4n) is 10.2. The summed E-state index contributed by atoms with van der Waals surface area (Å²) in [5.74, 6) is -39.4. The highest BCUT2D eigenvalue weighted by molar-refractivity contribution is 6.16. The van der Waals surface area contributed by atoms with E-state index in [0.717, 1.165) is 0 Å². The minimum absolute atomic E-state index is 0.128. The molecule has 0 aromatic heterocycles. The Labute approximate surface area is 495 Å². The molecule has 22 N–H and O–H groups in total. The number of hydrogen-bond acceptors (Lipinski definition) is 36. The van der Waals surface area contributed by atoms with Crippen molar-refractivity contribution < 1.29 is 179 Å². The lowest BCUT2D eigenvalue weighted by Crippen LogP contribution is -2.62. The Kier molecular flexibility index (Phi) is 15.2. The molecule has 36 heteroatoms. The van der Waals surface area contributed by atoms with Crippen LogP contribution >= 0.6 is 0 Å². The van der Waals surface area contributed by atoms with Crippen molar-refractivity contribution in [3.8, 4) is 137 Å². The molecule has 474 valence electrons. The highest BCUT2D eigenvalue weighted by Crippen LogP contribution is 2.60. The van der Waals surface area contributed by atoms with Gasteiger partial charge in [0.15, 0.2) is 87.0 Å². The molecule has 0 unspecified atom stereocenters. The van der Waals surface area contributed by atoms with E-state index in [4.69, 9.17) is 37.9 Å². The molecular weight excluding hydrogens is 1220 g/mol. The minimum Gasteiger partial charge on any atom is -0.504 e. The molecule has 10 rings (SSSR count). The van der Waals surface area contributed by atoms with Crippen LogP contribution < -0.4 is 0 Å². The highest BCUT2D eigenvalue weighted by Gasteiger charge is 2.55. The van der Waals surface area contributed by atoms with Gasteiger partial charge in [-0.25, -0.2) is 28.8 Å². The molecule has 4 heterocycles. The average Bonchev–Trinajstić information content (AvgIpc) is 0.763. The third-order valence-electron chi connectivity index (χ3n) is 14.6. The number of phenols is 18. The van der Waals surface area contributed by atoms with Crippen LogP contribution in [0.2, 0.25) is 0 Å². The van der Waals surface area contributed by atoms with Crippen molar-refractivity contribution in [1.29, 1.82) is 0 Å². The van der Waals surface area contributed by atoms with Crippen molar-refractivity contribution in [3.63, 3.8) is 0 Å². The normalized spacial score (nSPS) is 22.9. The molecule has 0 bridgehead atoms. The Morgan fingerprint density at radius 1 is 0.344 bits per heavy atom. The second kappa shape index (κ2) is 22.2. The fourth-order valence-corrected chi connectivity index (χ4v) is 10.2. The second-order valence-corrected chi connectivity index (χ2v) is 19.8. The van der Waals surface area contributed by atoms with Crippen molar-refractivity contribution in [2.45, 2.75) is 61.4 Å². The van der Waals surface area contributed by atoms with Crippen molar-refractivity contribution in [3.05, 3.63) is 69.8 Å². The standard InChI is InChI=1S/C54H42O36/c55-7-20-35(69)44-46(53(83-20)89-47(77)9-1-14(57)29(63)15(58)2-9)88-52(82)28-26(24-12(49(79)86-44)5-18(61)32(66)38(24)72)40(74)42(76)41(75)27(28)25-13(6-19(62)33(67)39(25)73)51(81)90-54-45-43(34(68)21(8-56)84-54)85-48(78)10-3-16(59)30(64)36(70)22(10)23-11(50(80)87-45)4-17(60)31(65)37(23)71/h1-6,20-21,34-35,43-46,53-76H,7-8H2/t20-,21+,34-,35-,43+,44+,45-,46-,53+,54+/m1/s1. The summed E-state index contributed by atoms with van der Waals surface area (Å²) in [4.78, 5) is 87.1. The number of aromatic hydroxyl groups is 18. The molecule has 2 saturated heterocycles. The Balaban J connectivity index is 1.17. The third-order valence-corrected chi connectivity index (χ3v) is 14.6. The first kappa shape index (κ1) is 61.4. The van der Waals surface area contributed by atoms with Gasteiger partial charge in [-0.2, -0.15) is 0 Å². The maximum Gasteiger partial charge on any atom is 0.341 e. The molecule has 0 radical (unpaired) electrons.